The van der Waals surface area contributed by atoms with Crippen LogP contribution in [0.1, 0.15) is 28.9 Å². The Morgan fingerprint density at radius 1 is 1.43 bits per heavy atom. The summed E-state index contributed by atoms with van der Waals surface area (Å²) in [5.41, 5.74) is 2.23. The van der Waals surface area contributed by atoms with Crippen LogP contribution in [0.15, 0.2) is 47.5 Å². The number of rotatable bonds is 3. The van der Waals surface area contributed by atoms with Gasteiger partial charge in [0.2, 0.25) is 0 Å². The summed E-state index contributed by atoms with van der Waals surface area (Å²) in [6, 6.07) is 5.55. The summed E-state index contributed by atoms with van der Waals surface area (Å²) in [5, 5.41) is 3.76. The number of halogens is 1. The van der Waals surface area contributed by atoms with Crippen LogP contribution in [0.3, 0.4) is 0 Å². The second-order valence-electron chi connectivity index (χ2n) is 4.73. The number of hydrogen-bond donors (Lipinski definition) is 2. The molecule has 0 spiro atoms. The third kappa shape index (κ3) is 2.80. The van der Waals surface area contributed by atoms with Crippen LogP contribution in [0.4, 0.5) is 0 Å². The molecule has 21 heavy (non-hydrogen) atoms. The lowest BCUT2D eigenvalue weighted by molar-refractivity contribution is 0.0941. The van der Waals surface area contributed by atoms with Gasteiger partial charge in [-0.2, -0.15) is 0 Å². The number of nitrogens with zero attached hydrogens (tertiary/aromatic N) is 2. The van der Waals surface area contributed by atoms with Gasteiger partial charge in [-0.15, -0.1) is 0 Å². The Bertz CT molecular complexity index is 785. The van der Waals surface area contributed by atoms with Crippen LogP contribution in [0.5, 0.6) is 0 Å². The summed E-state index contributed by atoms with van der Waals surface area (Å²) in [6.07, 6.45) is 6.83. The van der Waals surface area contributed by atoms with Crippen LogP contribution < -0.4 is 5.32 Å². The van der Waals surface area contributed by atoms with Crippen molar-refractivity contribution in [3.63, 3.8) is 0 Å². The SMILES string of the molecule is C[C@H](NC(=O)c1c[nH]c2ncc(Br)cc12)c1cccnc1. The molecule has 1 amide bonds. The van der Waals surface area contributed by atoms with Gasteiger partial charge in [0.25, 0.3) is 5.91 Å². The number of carbonyl (C=O) groups excluding carboxylic acids is 1. The molecule has 0 saturated heterocycles. The van der Waals surface area contributed by atoms with Crippen LogP contribution in [0, 0.1) is 0 Å². The first-order valence-corrected chi connectivity index (χ1v) is 7.28. The Morgan fingerprint density at radius 2 is 2.29 bits per heavy atom. The average molecular weight is 345 g/mol. The summed E-state index contributed by atoms with van der Waals surface area (Å²) >= 11 is 3.37. The van der Waals surface area contributed by atoms with E-state index in [1.54, 1.807) is 24.8 Å². The number of carbonyl (C=O) groups is 1. The van der Waals surface area contributed by atoms with Gasteiger partial charge in [0.15, 0.2) is 0 Å². The summed E-state index contributed by atoms with van der Waals surface area (Å²) < 4.78 is 0.837. The van der Waals surface area contributed by atoms with Crippen molar-refractivity contribution in [1.29, 1.82) is 0 Å². The highest BCUT2D eigenvalue weighted by molar-refractivity contribution is 9.10. The molecule has 0 aromatic carbocycles. The highest BCUT2D eigenvalue weighted by atomic mass is 79.9. The molecule has 5 nitrogen and oxygen atoms in total. The number of fused-ring (bicyclic) bond motifs is 1. The summed E-state index contributed by atoms with van der Waals surface area (Å²) in [7, 11) is 0. The molecule has 1 atom stereocenters. The molecule has 3 heterocycles. The van der Waals surface area contributed by atoms with Crippen LogP contribution >= 0.6 is 15.9 Å². The van der Waals surface area contributed by atoms with Crippen LogP contribution in [0.25, 0.3) is 11.0 Å². The van der Waals surface area contributed by atoms with E-state index in [2.05, 4.69) is 36.2 Å². The van der Waals surface area contributed by atoms with E-state index < -0.39 is 0 Å². The van der Waals surface area contributed by atoms with Crippen molar-refractivity contribution in [3.05, 3.63) is 58.6 Å². The fraction of sp³-hybridized carbons (Fsp3) is 0.133. The van der Waals surface area contributed by atoms with Crippen molar-refractivity contribution in [2.75, 3.05) is 0 Å². The highest BCUT2D eigenvalue weighted by Crippen LogP contribution is 2.21. The molecule has 3 aromatic rings. The monoisotopic (exact) mass is 344 g/mol. The lowest BCUT2D eigenvalue weighted by Gasteiger charge is -2.13. The molecule has 2 N–H and O–H groups in total. The molecule has 6 heteroatoms. The zero-order valence-corrected chi connectivity index (χ0v) is 12.9. The molecule has 0 fully saturated rings. The number of pyridine rings is 2. The Balaban J connectivity index is 1.86. The first-order chi connectivity index (χ1) is 10.1. The van der Waals surface area contributed by atoms with Gasteiger partial charge in [-0.05, 0) is 40.5 Å². The lowest BCUT2D eigenvalue weighted by Crippen LogP contribution is -2.26. The number of H-pyrrole nitrogens is 1. The molecule has 3 rings (SSSR count). The first-order valence-electron chi connectivity index (χ1n) is 6.48. The quantitative estimate of drug-likeness (QED) is 0.766. The van der Waals surface area contributed by atoms with E-state index in [0.717, 1.165) is 15.4 Å². The first kappa shape index (κ1) is 13.8. The minimum absolute atomic E-state index is 0.115. The predicted molar refractivity (Wildman–Crippen MR) is 83.9 cm³/mol. The predicted octanol–water partition coefficient (Wildman–Crippen LogP) is 3.21. The second-order valence-corrected chi connectivity index (χ2v) is 5.65. The third-order valence-electron chi connectivity index (χ3n) is 3.27. The van der Waals surface area contributed by atoms with Gasteiger partial charge < -0.3 is 10.3 Å². The number of nitrogens with one attached hydrogen (secondary N) is 2. The van der Waals surface area contributed by atoms with Gasteiger partial charge in [-0.1, -0.05) is 6.07 Å². The molecular formula is C15H13BrN4O. The maximum atomic E-state index is 12.4. The number of hydrogen-bond acceptors (Lipinski definition) is 3. The molecule has 106 valence electrons. The zero-order chi connectivity index (χ0) is 14.8. The minimum atomic E-state index is -0.141. The van der Waals surface area contributed by atoms with Gasteiger partial charge in [-0.3, -0.25) is 9.78 Å². The van der Waals surface area contributed by atoms with E-state index in [4.69, 9.17) is 0 Å². The Labute approximate surface area is 129 Å². The molecule has 0 saturated carbocycles. The van der Waals surface area contributed by atoms with Crippen molar-refractivity contribution in [1.82, 2.24) is 20.3 Å². The molecule has 3 aromatic heterocycles. The molecular weight excluding hydrogens is 332 g/mol. The van der Waals surface area contributed by atoms with E-state index >= 15 is 0 Å². The van der Waals surface area contributed by atoms with E-state index in [9.17, 15) is 4.79 Å². The van der Waals surface area contributed by atoms with E-state index in [-0.39, 0.29) is 11.9 Å². The fourth-order valence-electron chi connectivity index (χ4n) is 2.16. The van der Waals surface area contributed by atoms with E-state index in [1.165, 1.54) is 0 Å². The summed E-state index contributed by atoms with van der Waals surface area (Å²) in [4.78, 5) is 23.7. The lowest BCUT2D eigenvalue weighted by atomic mass is 10.1. The minimum Gasteiger partial charge on any atom is -0.345 e. The molecule has 0 unspecified atom stereocenters. The number of aromatic amines is 1. The standard InChI is InChI=1S/C15H13BrN4O/c1-9(10-3-2-4-17-6-10)20-15(21)13-8-19-14-12(13)5-11(16)7-18-14/h2-9H,1H3,(H,18,19)(H,20,21)/t9-/m0/s1. The smallest absolute Gasteiger partial charge is 0.253 e. The largest absolute Gasteiger partial charge is 0.345 e. The van der Waals surface area contributed by atoms with Crippen molar-refractivity contribution in [2.24, 2.45) is 0 Å². The zero-order valence-electron chi connectivity index (χ0n) is 11.3. The Morgan fingerprint density at radius 3 is 3.05 bits per heavy atom. The van der Waals surface area contributed by atoms with Gasteiger partial charge in [0, 0.05) is 34.6 Å². The van der Waals surface area contributed by atoms with Gasteiger partial charge >= 0.3 is 0 Å². The Kier molecular flexibility index (Phi) is 3.70. The van der Waals surface area contributed by atoms with Crippen LogP contribution in [-0.2, 0) is 0 Å². The Hall–Kier alpha value is -2.21. The van der Waals surface area contributed by atoms with E-state index in [1.807, 2.05) is 25.1 Å². The van der Waals surface area contributed by atoms with Gasteiger partial charge in [-0.25, -0.2) is 4.98 Å². The maximum Gasteiger partial charge on any atom is 0.253 e. The number of aromatic nitrogens is 3. The van der Waals surface area contributed by atoms with Gasteiger partial charge in [0.05, 0.1) is 11.6 Å². The number of amides is 1. The summed E-state index contributed by atoms with van der Waals surface area (Å²) in [6.45, 7) is 1.93. The average Bonchev–Trinajstić information content (AvgIpc) is 2.91. The molecule has 0 aliphatic heterocycles. The fourth-order valence-corrected chi connectivity index (χ4v) is 2.49. The topological polar surface area (TPSA) is 70.7 Å². The molecule has 0 bridgehead atoms. The van der Waals surface area contributed by atoms with Crippen molar-refractivity contribution in [2.45, 2.75) is 13.0 Å². The molecule has 0 aliphatic carbocycles. The van der Waals surface area contributed by atoms with Crippen LogP contribution in [-0.4, -0.2) is 20.9 Å². The van der Waals surface area contributed by atoms with Crippen molar-refractivity contribution < 1.29 is 4.79 Å². The summed E-state index contributed by atoms with van der Waals surface area (Å²) in [5.74, 6) is -0.141. The highest BCUT2D eigenvalue weighted by Gasteiger charge is 2.16. The molecule has 0 radical (unpaired) electrons. The van der Waals surface area contributed by atoms with E-state index in [0.29, 0.717) is 11.2 Å². The third-order valence-corrected chi connectivity index (χ3v) is 3.71. The second kappa shape index (κ2) is 5.65. The molecule has 0 aliphatic rings. The maximum absolute atomic E-state index is 12.4. The van der Waals surface area contributed by atoms with Crippen LogP contribution in [0.2, 0.25) is 0 Å². The van der Waals surface area contributed by atoms with Crippen molar-refractivity contribution in [3.8, 4) is 0 Å². The van der Waals surface area contributed by atoms with Gasteiger partial charge in [0.1, 0.15) is 5.65 Å². The van der Waals surface area contributed by atoms with Crippen molar-refractivity contribution >= 4 is 32.9 Å². The normalized spacial score (nSPS) is 12.3.